The molecule has 0 bridgehead atoms. The molecule has 0 saturated carbocycles. The molecule has 0 aliphatic carbocycles. The van der Waals surface area contributed by atoms with Crippen molar-refractivity contribution >= 4 is 14.0 Å². The Morgan fingerprint density at radius 2 is 1.69 bits per heavy atom. The highest BCUT2D eigenvalue weighted by Gasteiger charge is 2.13. The molecule has 0 aromatic rings. The fourth-order valence-electron chi connectivity index (χ4n) is 3.85. The van der Waals surface area contributed by atoms with Crippen LogP contribution < -0.4 is 0 Å². The largest absolute Gasteiger partial charge is 0.466 e. The molecule has 0 amide bonds. The topological polar surface area (TPSA) is 44.8 Å². The van der Waals surface area contributed by atoms with Gasteiger partial charge in [-0.1, -0.05) is 49.0 Å². The Labute approximate surface area is 216 Å². The maximum atomic E-state index is 12.2. The van der Waals surface area contributed by atoms with Crippen molar-refractivity contribution in [2.45, 2.75) is 117 Å². The summed E-state index contributed by atoms with van der Waals surface area (Å²) < 4.78 is 16.4. The summed E-state index contributed by atoms with van der Waals surface area (Å²) in [7, 11) is 0.198. The van der Waals surface area contributed by atoms with Crippen LogP contribution in [-0.4, -0.2) is 40.7 Å². The number of hydrogen-bond donors (Lipinski definition) is 0. The Morgan fingerprint density at radius 1 is 0.971 bits per heavy atom. The third-order valence-corrected chi connectivity index (χ3v) is 6.84. The zero-order valence-corrected chi connectivity index (χ0v) is 24.3. The SMILES string of the molecule is COC(=O)/C(=C/CC/C(C)=C/CCC#C[Si](C)(C)C)CC/C=C(\C)CCCCOC1CCCCO1. The summed E-state index contributed by atoms with van der Waals surface area (Å²) in [4.78, 5) is 12.2. The lowest BCUT2D eigenvalue weighted by atomic mass is 10.0. The minimum Gasteiger partial charge on any atom is -0.466 e. The van der Waals surface area contributed by atoms with Crippen LogP contribution in [0.15, 0.2) is 34.9 Å². The normalized spacial score (nSPS) is 17.7. The third-order valence-electron chi connectivity index (χ3n) is 5.92. The summed E-state index contributed by atoms with van der Waals surface area (Å²) in [6.45, 7) is 12.8. The Hall–Kier alpha value is -1.61. The lowest BCUT2D eigenvalue weighted by Gasteiger charge is -2.22. The highest BCUT2D eigenvalue weighted by Crippen LogP contribution is 2.17. The number of ether oxygens (including phenoxy) is 3. The van der Waals surface area contributed by atoms with Crippen molar-refractivity contribution in [3.63, 3.8) is 0 Å². The number of carbonyl (C=O) groups excluding carboxylic acids is 1. The molecule has 1 rings (SSSR count). The smallest absolute Gasteiger partial charge is 0.333 e. The minimum atomic E-state index is -1.26. The fourth-order valence-corrected chi connectivity index (χ4v) is 4.51. The number of rotatable bonds is 15. The predicted molar refractivity (Wildman–Crippen MR) is 150 cm³/mol. The number of esters is 1. The van der Waals surface area contributed by atoms with E-state index in [4.69, 9.17) is 14.2 Å². The number of methoxy groups -OCH3 is 1. The van der Waals surface area contributed by atoms with Gasteiger partial charge in [-0.25, -0.2) is 4.79 Å². The van der Waals surface area contributed by atoms with Crippen LogP contribution in [-0.2, 0) is 19.0 Å². The van der Waals surface area contributed by atoms with E-state index in [9.17, 15) is 4.79 Å². The van der Waals surface area contributed by atoms with Crippen LogP contribution in [0.2, 0.25) is 19.6 Å². The maximum Gasteiger partial charge on any atom is 0.333 e. The molecule has 0 aromatic heterocycles. The standard InChI is InChI=1S/C30H50O4Si/c1-26(16-8-7-13-25-35(4,5)6)18-14-20-28(30(31)32-3)21-15-19-27(2)17-9-11-23-33-29-22-10-12-24-34-29/h16,19-20,29H,7-12,14-15,17-18,21-24H2,1-6H3/b26-16+,27-19+,28-20+. The Morgan fingerprint density at radius 3 is 2.37 bits per heavy atom. The number of allylic oxidation sites excluding steroid dienone is 5. The van der Waals surface area contributed by atoms with Crippen molar-refractivity contribution in [1.82, 2.24) is 0 Å². The van der Waals surface area contributed by atoms with Gasteiger partial charge in [0.05, 0.1) is 7.11 Å². The van der Waals surface area contributed by atoms with Gasteiger partial charge in [-0.2, -0.15) is 0 Å². The molecule has 5 heteroatoms. The Kier molecular flexibility index (Phi) is 16.7. The van der Waals surface area contributed by atoms with E-state index in [1.807, 2.05) is 0 Å². The lowest BCUT2D eigenvalue weighted by Crippen LogP contribution is -2.22. The molecule has 1 aliphatic rings. The van der Waals surface area contributed by atoms with E-state index in [1.54, 1.807) is 0 Å². The summed E-state index contributed by atoms with van der Waals surface area (Å²) in [5.41, 5.74) is 6.93. The highest BCUT2D eigenvalue weighted by molar-refractivity contribution is 6.83. The van der Waals surface area contributed by atoms with Gasteiger partial charge in [-0.15, -0.1) is 11.5 Å². The van der Waals surface area contributed by atoms with E-state index in [0.29, 0.717) is 0 Å². The van der Waals surface area contributed by atoms with Gasteiger partial charge in [0.2, 0.25) is 0 Å². The molecule has 35 heavy (non-hydrogen) atoms. The van der Waals surface area contributed by atoms with Crippen LogP contribution in [0.5, 0.6) is 0 Å². The van der Waals surface area contributed by atoms with Gasteiger partial charge < -0.3 is 14.2 Å². The molecule has 1 aliphatic heterocycles. The summed E-state index contributed by atoms with van der Waals surface area (Å²) in [6, 6.07) is 0. The second kappa shape index (κ2) is 18.6. The van der Waals surface area contributed by atoms with E-state index >= 15 is 0 Å². The first-order valence-corrected chi connectivity index (χ1v) is 17.0. The Balaban J connectivity index is 2.32. The summed E-state index contributed by atoms with van der Waals surface area (Å²) >= 11 is 0. The van der Waals surface area contributed by atoms with Crippen molar-refractivity contribution in [1.29, 1.82) is 0 Å². The summed E-state index contributed by atoms with van der Waals surface area (Å²) in [6.07, 6.45) is 18.6. The summed E-state index contributed by atoms with van der Waals surface area (Å²) in [5, 5.41) is 0. The van der Waals surface area contributed by atoms with E-state index in [0.717, 1.165) is 89.4 Å². The van der Waals surface area contributed by atoms with E-state index in [2.05, 4.69) is 63.2 Å². The Bertz CT molecular complexity index is 755. The zero-order chi connectivity index (χ0) is 25.9. The molecule has 4 nitrogen and oxygen atoms in total. The molecule has 0 spiro atoms. The monoisotopic (exact) mass is 502 g/mol. The molecular formula is C30H50O4Si. The van der Waals surface area contributed by atoms with Crippen LogP contribution in [0, 0.1) is 11.5 Å². The van der Waals surface area contributed by atoms with E-state index in [-0.39, 0.29) is 12.3 Å². The van der Waals surface area contributed by atoms with Crippen LogP contribution >= 0.6 is 0 Å². The first kappa shape index (κ1) is 31.4. The first-order valence-electron chi connectivity index (χ1n) is 13.5. The molecule has 0 aromatic carbocycles. The van der Waals surface area contributed by atoms with Gasteiger partial charge in [-0.3, -0.25) is 0 Å². The average molecular weight is 503 g/mol. The number of unbranched alkanes of at least 4 members (excludes halogenated alkanes) is 2. The summed E-state index contributed by atoms with van der Waals surface area (Å²) in [5.74, 6) is 3.11. The van der Waals surface area contributed by atoms with Crippen LogP contribution in [0.3, 0.4) is 0 Å². The first-order chi connectivity index (χ1) is 16.7. The van der Waals surface area contributed by atoms with Gasteiger partial charge in [0.15, 0.2) is 6.29 Å². The van der Waals surface area contributed by atoms with Crippen molar-refractivity contribution in [2.24, 2.45) is 0 Å². The van der Waals surface area contributed by atoms with Gasteiger partial charge in [0.25, 0.3) is 0 Å². The van der Waals surface area contributed by atoms with Gasteiger partial charge in [0.1, 0.15) is 8.07 Å². The fraction of sp³-hybridized carbons (Fsp3) is 0.700. The highest BCUT2D eigenvalue weighted by atomic mass is 28.3. The van der Waals surface area contributed by atoms with Crippen LogP contribution in [0.1, 0.15) is 90.9 Å². The second-order valence-corrected chi connectivity index (χ2v) is 15.4. The molecule has 1 saturated heterocycles. The molecule has 1 heterocycles. The maximum absolute atomic E-state index is 12.2. The quantitative estimate of drug-likeness (QED) is 0.0570. The van der Waals surface area contributed by atoms with E-state index in [1.165, 1.54) is 24.7 Å². The molecule has 198 valence electrons. The van der Waals surface area contributed by atoms with Gasteiger partial charge in [-0.05, 0) is 84.5 Å². The van der Waals surface area contributed by atoms with Gasteiger partial charge in [0, 0.05) is 25.2 Å². The number of carbonyl (C=O) groups is 1. The van der Waals surface area contributed by atoms with Crippen molar-refractivity contribution in [3.8, 4) is 11.5 Å². The average Bonchev–Trinajstić information content (AvgIpc) is 2.82. The molecule has 1 atom stereocenters. The second-order valence-electron chi connectivity index (χ2n) is 10.6. The molecule has 1 fully saturated rings. The van der Waals surface area contributed by atoms with Crippen molar-refractivity contribution < 1.29 is 19.0 Å². The predicted octanol–water partition coefficient (Wildman–Crippen LogP) is 7.91. The van der Waals surface area contributed by atoms with Gasteiger partial charge >= 0.3 is 5.97 Å². The minimum absolute atomic E-state index is 0.0114. The molecular weight excluding hydrogens is 452 g/mol. The molecule has 1 unspecified atom stereocenters. The van der Waals surface area contributed by atoms with Crippen LogP contribution in [0.25, 0.3) is 0 Å². The van der Waals surface area contributed by atoms with Crippen molar-refractivity contribution in [3.05, 3.63) is 34.9 Å². The zero-order valence-electron chi connectivity index (χ0n) is 23.3. The van der Waals surface area contributed by atoms with E-state index < -0.39 is 8.07 Å². The molecule has 0 N–H and O–H groups in total. The molecule has 0 radical (unpaired) electrons. The van der Waals surface area contributed by atoms with Crippen molar-refractivity contribution in [2.75, 3.05) is 20.3 Å². The van der Waals surface area contributed by atoms with Crippen LogP contribution in [0.4, 0.5) is 0 Å². The number of hydrogen-bond acceptors (Lipinski definition) is 4. The third kappa shape index (κ3) is 17.5. The lowest BCUT2D eigenvalue weighted by molar-refractivity contribution is -0.162.